The molecule has 2 aromatic carbocycles. The molecule has 0 atom stereocenters. The van der Waals surface area contributed by atoms with Crippen LogP contribution in [-0.2, 0) is 0 Å². The smallest absolute Gasteiger partial charge is 0.231 e. The highest BCUT2D eigenvalue weighted by molar-refractivity contribution is 7.21. The maximum atomic E-state index is 5.27. The summed E-state index contributed by atoms with van der Waals surface area (Å²) in [6.45, 7) is 13.4. The van der Waals surface area contributed by atoms with Gasteiger partial charge in [-0.2, -0.15) is 0 Å². The van der Waals surface area contributed by atoms with Crippen LogP contribution in [0.2, 0.25) is 0 Å². The molecule has 6 rings (SSSR count). The Bertz CT molecular complexity index is 1070. The number of aromatic nitrogens is 1. The van der Waals surface area contributed by atoms with E-state index in [0.717, 1.165) is 34.7 Å². The van der Waals surface area contributed by atoms with E-state index in [9.17, 15) is 0 Å². The van der Waals surface area contributed by atoms with Gasteiger partial charge in [-0.15, -0.1) is 10.2 Å². The Kier molecular flexibility index (Phi) is 6.08. The summed E-state index contributed by atoms with van der Waals surface area (Å²) in [6, 6.07) is 14.3. The van der Waals surface area contributed by atoms with Gasteiger partial charge in [0.05, 0.1) is 55.7 Å². The van der Waals surface area contributed by atoms with E-state index in [-0.39, 0.29) is 0 Å². The molecule has 3 aliphatic heterocycles. The molecule has 0 spiro atoms. The van der Waals surface area contributed by atoms with E-state index >= 15 is 0 Å². The molecule has 3 aromatic rings. The SMILES string of the molecule is CCN(CC[N+]12CCN(CC1)CC2)c1ccc(N=Nc2nc3cc(OC)ccc3s2)cc1. The first-order valence-electron chi connectivity index (χ1n) is 11.5. The Balaban J connectivity index is 1.22. The predicted molar refractivity (Wildman–Crippen MR) is 131 cm³/mol. The van der Waals surface area contributed by atoms with Crippen LogP contribution < -0.4 is 9.64 Å². The van der Waals surface area contributed by atoms with Crippen molar-refractivity contribution in [2.75, 3.05) is 70.9 Å². The summed E-state index contributed by atoms with van der Waals surface area (Å²) >= 11 is 1.53. The minimum Gasteiger partial charge on any atom is -0.497 e. The molecule has 0 aliphatic carbocycles. The summed E-state index contributed by atoms with van der Waals surface area (Å²) in [6.07, 6.45) is 0. The monoisotopic (exact) mass is 451 g/mol. The average Bonchev–Trinajstić information content (AvgIpc) is 3.27. The Morgan fingerprint density at radius 1 is 1.06 bits per heavy atom. The summed E-state index contributed by atoms with van der Waals surface area (Å²) in [5.41, 5.74) is 2.99. The quantitative estimate of drug-likeness (QED) is 0.368. The van der Waals surface area contributed by atoms with Crippen molar-refractivity contribution < 1.29 is 9.22 Å². The van der Waals surface area contributed by atoms with E-state index in [1.807, 2.05) is 30.3 Å². The van der Waals surface area contributed by atoms with Crippen molar-refractivity contribution in [3.8, 4) is 5.75 Å². The van der Waals surface area contributed by atoms with Crippen LogP contribution in [0.5, 0.6) is 5.75 Å². The number of benzene rings is 2. The third-order valence-electron chi connectivity index (χ3n) is 6.95. The lowest BCUT2D eigenvalue weighted by Crippen LogP contribution is -2.68. The molecule has 2 bridgehead atoms. The number of methoxy groups -OCH3 is 1. The van der Waals surface area contributed by atoms with E-state index in [4.69, 9.17) is 4.74 Å². The Morgan fingerprint density at radius 2 is 1.81 bits per heavy atom. The second-order valence-corrected chi connectivity index (χ2v) is 9.71. The molecule has 8 heteroatoms. The summed E-state index contributed by atoms with van der Waals surface area (Å²) in [7, 11) is 1.66. The molecule has 32 heavy (non-hydrogen) atoms. The fourth-order valence-electron chi connectivity index (χ4n) is 4.76. The van der Waals surface area contributed by atoms with Gasteiger partial charge in [0.15, 0.2) is 0 Å². The van der Waals surface area contributed by atoms with Gasteiger partial charge in [-0.05, 0) is 43.3 Å². The van der Waals surface area contributed by atoms with Crippen LogP contribution in [0.1, 0.15) is 6.92 Å². The summed E-state index contributed by atoms with van der Waals surface area (Å²) < 4.78 is 7.65. The van der Waals surface area contributed by atoms with Crippen LogP contribution >= 0.6 is 11.3 Å². The number of thiazole rings is 1. The van der Waals surface area contributed by atoms with Gasteiger partial charge in [-0.3, -0.25) is 4.90 Å². The van der Waals surface area contributed by atoms with Gasteiger partial charge in [-0.25, -0.2) is 4.98 Å². The fraction of sp³-hybridized carbons (Fsp3) is 0.458. The molecular weight excluding hydrogens is 420 g/mol. The summed E-state index contributed by atoms with van der Waals surface area (Å²) in [5, 5.41) is 9.42. The molecule has 0 saturated carbocycles. The number of hydrogen-bond acceptors (Lipinski definition) is 7. The van der Waals surface area contributed by atoms with Crippen molar-refractivity contribution >= 4 is 38.1 Å². The molecule has 0 N–H and O–H groups in total. The fourth-order valence-corrected chi connectivity index (χ4v) is 5.53. The third-order valence-corrected chi connectivity index (χ3v) is 7.87. The van der Waals surface area contributed by atoms with Crippen LogP contribution in [0.4, 0.5) is 16.5 Å². The number of ether oxygens (including phenoxy) is 1. The second kappa shape index (κ2) is 9.13. The first-order valence-corrected chi connectivity index (χ1v) is 12.3. The van der Waals surface area contributed by atoms with E-state index in [0.29, 0.717) is 5.13 Å². The van der Waals surface area contributed by atoms with Crippen molar-refractivity contribution in [2.45, 2.75) is 6.92 Å². The van der Waals surface area contributed by atoms with Crippen molar-refractivity contribution in [3.05, 3.63) is 42.5 Å². The van der Waals surface area contributed by atoms with Gasteiger partial charge in [0, 0.05) is 37.9 Å². The van der Waals surface area contributed by atoms with Crippen molar-refractivity contribution in [2.24, 2.45) is 10.2 Å². The molecule has 168 valence electrons. The highest BCUT2D eigenvalue weighted by atomic mass is 32.1. The number of quaternary nitrogens is 1. The van der Waals surface area contributed by atoms with Gasteiger partial charge >= 0.3 is 0 Å². The number of anilines is 1. The van der Waals surface area contributed by atoms with Crippen molar-refractivity contribution in [3.63, 3.8) is 0 Å². The van der Waals surface area contributed by atoms with Gasteiger partial charge in [0.1, 0.15) is 5.75 Å². The number of piperazine rings is 3. The minimum atomic E-state index is 0.656. The number of rotatable bonds is 8. The zero-order valence-electron chi connectivity index (χ0n) is 18.9. The van der Waals surface area contributed by atoms with Crippen molar-refractivity contribution in [1.29, 1.82) is 0 Å². The van der Waals surface area contributed by atoms with E-state index < -0.39 is 0 Å². The van der Waals surface area contributed by atoms with Crippen LogP contribution in [0.15, 0.2) is 52.7 Å². The zero-order valence-corrected chi connectivity index (χ0v) is 19.7. The Hall–Kier alpha value is -2.55. The van der Waals surface area contributed by atoms with Crippen LogP contribution in [0.3, 0.4) is 0 Å². The van der Waals surface area contributed by atoms with E-state index in [1.165, 1.54) is 67.3 Å². The third kappa shape index (κ3) is 4.48. The van der Waals surface area contributed by atoms with Crippen LogP contribution in [-0.4, -0.2) is 80.4 Å². The van der Waals surface area contributed by atoms with Gasteiger partial charge in [0.2, 0.25) is 5.13 Å². The lowest BCUT2D eigenvalue weighted by Gasteiger charge is -2.51. The highest BCUT2D eigenvalue weighted by Crippen LogP contribution is 2.32. The molecule has 0 amide bonds. The van der Waals surface area contributed by atoms with Gasteiger partial charge < -0.3 is 14.1 Å². The minimum absolute atomic E-state index is 0.656. The number of likely N-dealkylation sites (N-methyl/N-ethyl adjacent to an activating group) is 1. The van der Waals surface area contributed by atoms with Gasteiger partial charge in [-0.1, -0.05) is 11.3 Å². The summed E-state index contributed by atoms with van der Waals surface area (Å²) in [4.78, 5) is 9.64. The molecular formula is C24H31N6OS+. The Morgan fingerprint density at radius 3 is 2.50 bits per heavy atom. The molecule has 0 radical (unpaired) electrons. The Labute approximate surface area is 193 Å². The molecule has 1 aromatic heterocycles. The molecule has 0 unspecified atom stereocenters. The van der Waals surface area contributed by atoms with Crippen LogP contribution in [0.25, 0.3) is 10.2 Å². The van der Waals surface area contributed by atoms with E-state index in [1.54, 1.807) is 7.11 Å². The first-order chi connectivity index (χ1) is 15.7. The lowest BCUT2D eigenvalue weighted by molar-refractivity contribution is -0.939. The molecule has 3 saturated heterocycles. The predicted octanol–water partition coefficient (Wildman–Crippen LogP) is 4.69. The molecule has 3 fully saturated rings. The van der Waals surface area contributed by atoms with Gasteiger partial charge in [0.25, 0.3) is 0 Å². The van der Waals surface area contributed by atoms with Crippen LogP contribution in [0, 0.1) is 0 Å². The summed E-state index contributed by atoms with van der Waals surface area (Å²) in [5.74, 6) is 0.801. The number of fused-ring (bicyclic) bond motifs is 4. The molecule has 4 heterocycles. The maximum Gasteiger partial charge on any atom is 0.231 e. The average molecular weight is 452 g/mol. The van der Waals surface area contributed by atoms with E-state index in [2.05, 4.69) is 44.1 Å². The van der Waals surface area contributed by atoms with Crippen molar-refractivity contribution in [1.82, 2.24) is 9.88 Å². The molecule has 7 nitrogen and oxygen atoms in total. The number of nitrogens with zero attached hydrogens (tertiary/aromatic N) is 6. The zero-order chi connectivity index (χ0) is 22.0. The largest absolute Gasteiger partial charge is 0.497 e. The number of azo groups is 1. The topological polar surface area (TPSA) is 53.3 Å². The highest BCUT2D eigenvalue weighted by Gasteiger charge is 2.38. The maximum absolute atomic E-state index is 5.27. The number of hydrogen-bond donors (Lipinski definition) is 0. The normalized spacial score (nSPS) is 22.6. The second-order valence-electron chi connectivity index (χ2n) is 8.70. The molecule has 3 aliphatic rings. The first kappa shape index (κ1) is 21.3. The lowest BCUT2D eigenvalue weighted by atomic mass is 10.1. The standard InChI is InChI=1S/C24H31N6OS/c1-3-29(13-17-30-14-10-28(11-15-30)12-16-30)20-6-4-19(5-7-20)26-27-24-25-22-18-21(31-2)8-9-23(22)32-24/h4-9,18H,3,10-17H2,1-2H3/q+1.